The van der Waals surface area contributed by atoms with Crippen LogP contribution in [0.25, 0.3) is 0 Å². The van der Waals surface area contributed by atoms with Crippen molar-refractivity contribution in [3.8, 4) is 12.3 Å². The Morgan fingerprint density at radius 2 is 1.55 bits per heavy atom. The van der Waals surface area contributed by atoms with E-state index in [2.05, 4.69) is 111 Å². The summed E-state index contributed by atoms with van der Waals surface area (Å²) in [4.78, 5) is 11.7. The molecule has 14 heteroatoms. The number of carbonyl (C=O) groups excluding carboxylic acids is 1. The van der Waals surface area contributed by atoms with Crippen molar-refractivity contribution in [1.29, 1.82) is 0 Å². The summed E-state index contributed by atoms with van der Waals surface area (Å²) >= 11 is 26.1. The van der Waals surface area contributed by atoms with Crippen molar-refractivity contribution in [1.82, 2.24) is 5.32 Å². The minimum atomic E-state index is -0.706. The van der Waals surface area contributed by atoms with Crippen molar-refractivity contribution in [2.24, 2.45) is 11.5 Å². The topological polar surface area (TPSA) is 90.4 Å². The first kappa shape index (κ1) is 56.5. The fourth-order valence-electron chi connectivity index (χ4n) is 2.33. The molecule has 0 radical (unpaired) electrons. The van der Waals surface area contributed by atoms with Crippen molar-refractivity contribution in [2.45, 2.75) is 58.3 Å². The summed E-state index contributed by atoms with van der Waals surface area (Å²) in [7, 11) is 0. The van der Waals surface area contributed by atoms with Gasteiger partial charge in [-0.25, -0.2) is 5.92 Å². The zero-order chi connectivity index (χ0) is 32.1. The van der Waals surface area contributed by atoms with Crippen LogP contribution in [-0.2, 0) is 42.1 Å². The van der Waals surface area contributed by atoms with E-state index < -0.39 is 5.91 Å². The van der Waals surface area contributed by atoms with Gasteiger partial charge in [-0.2, -0.15) is 19.1 Å². The van der Waals surface area contributed by atoms with E-state index in [9.17, 15) is 4.79 Å². The van der Waals surface area contributed by atoms with Crippen molar-refractivity contribution >= 4 is 109 Å². The van der Waals surface area contributed by atoms with Crippen LogP contribution in [0.4, 0.5) is 0 Å². The first-order valence-corrected chi connectivity index (χ1v) is 15.2. The standard InChI is InChI=1S/C12H18S.C6H6S.C5H3NOS.C4H8OS.C3H6N2S2.2Na.H2S/c1-11-6-8-12(9-7-11)5-3-2-4-10-13;7-6-4-2-1-3-5-6;1-2-4(3-8)5(6)7;1-3-5-4(2)6;1-2(6)5-3(4)7;;;/h6-9,13H,2-5,10H2,1H3;1-5,7H;1H,(H2-,6,7,8);3H2,1-2H3;1H3,(H3,4,5,6,7);;;1H2/q;;-2;;;2*+1;/p-1. The number of aryl methyl sites for hydroxylation is 2. The summed E-state index contributed by atoms with van der Waals surface area (Å²) in [6.45, 7) is 8.21. The number of carbonyl (C=O) groups is 1. The normalized spacial score (nSPS) is 8.52. The first-order chi connectivity index (χ1) is 19.3. The molecule has 1 amide bonds. The average Bonchev–Trinajstić information content (AvgIpc) is 2.89. The van der Waals surface area contributed by atoms with Crippen LogP contribution in [-0.4, -0.2) is 33.4 Å². The Kier molecular flexibility index (Phi) is 52.9. The molecule has 0 heterocycles. The number of unbranched alkanes of at least 4 members (excludes halogenated alkanes) is 2. The zero-order valence-corrected chi connectivity index (χ0v) is 36.4. The molecule has 0 aliphatic carbocycles. The van der Waals surface area contributed by atoms with E-state index in [1.54, 1.807) is 13.8 Å². The van der Waals surface area contributed by atoms with Crippen LogP contribution in [0.15, 0.2) is 65.1 Å². The number of hydrogen-bond donors (Lipinski definition) is 5. The molecular weight excluding hydrogens is 705 g/mol. The van der Waals surface area contributed by atoms with Gasteiger partial charge in [0.2, 0.25) is 0 Å². The Morgan fingerprint density at radius 1 is 1.02 bits per heavy atom. The van der Waals surface area contributed by atoms with Gasteiger partial charge in [0.15, 0.2) is 10.2 Å². The van der Waals surface area contributed by atoms with Gasteiger partial charge in [0.25, 0.3) is 0 Å². The van der Waals surface area contributed by atoms with Crippen LogP contribution >= 0.6 is 61.9 Å². The van der Waals surface area contributed by atoms with Crippen molar-refractivity contribution in [3.05, 3.63) is 76.7 Å². The molecule has 2 aromatic rings. The predicted octanol–water partition coefficient (Wildman–Crippen LogP) is 0.227. The fraction of sp³-hybridized carbons (Fsp3) is 0.333. The summed E-state index contributed by atoms with van der Waals surface area (Å²) in [5.74, 6) is 2.29. The molecule has 0 saturated heterocycles. The van der Waals surface area contributed by atoms with Gasteiger partial charge in [0, 0.05) is 11.8 Å². The summed E-state index contributed by atoms with van der Waals surface area (Å²) in [6.07, 6.45) is 9.83. The number of rotatable bonds is 7. The van der Waals surface area contributed by atoms with Crippen LogP contribution in [0, 0.1) is 24.7 Å². The van der Waals surface area contributed by atoms with Gasteiger partial charge in [0.1, 0.15) is 5.91 Å². The second-order valence-corrected chi connectivity index (χ2v) is 10.6. The number of hydrogen-bond acceptors (Lipinski definition) is 9. The number of benzene rings is 2. The van der Waals surface area contributed by atoms with Crippen LogP contribution in [0.3, 0.4) is 0 Å². The Hall–Kier alpha value is 0.150. The number of ether oxygens (including phenoxy) is 1. The Balaban J connectivity index is -0.000000104. The van der Waals surface area contributed by atoms with Gasteiger partial charge in [-0.05, 0) is 87.9 Å². The molecule has 0 aliphatic heterocycles. The number of thiol groups is 3. The van der Waals surface area contributed by atoms with E-state index in [1.807, 2.05) is 48.6 Å². The molecule has 5 nitrogen and oxygen atoms in total. The van der Waals surface area contributed by atoms with Crippen molar-refractivity contribution in [3.63, 3.8) is 0 Å². The predicted molar refractivity (Wildman–Crippen MR) is 205 cm³/mol. The summed E-state index contributed by atoms with van der Waals surface area (Å²) in [5.41, 5.74) is 12.5. The molecule has 0 aromatic heterocycles. The van der Waals surface area contributed by atoms with E-state index >= 15 is 0 Å². The fourth-order valence-corrected chi connectivity index (χ4v) is 3.33. The number of nitrogens with one attached hydrogen (secondary N) is 1. The molecule has 234 valence electrons. The SMILES string of the molecule is C#CC(=[C-][S-])C(N)=O.CC(=S)NC(N)=S.CCOC(C)=S.Cc1ccc(CCCCCS)cc1.Sc1ccccc1.[Na+].[Na+].[SH-]. The Morgan fingerprint density at radius 3 is 1.77 bits per heavy atom. The molecule has 0 fully saturated rings. The third-order valence-corrected chi connectivity index (χ3v) is 5.28. The van der Waals surface area contributed by atoms with Gasteiger partial charge < -0.3 is 57.8 Å². The summed E-state index contributed by atoms with van der Waals surface area (Å²) in [5, 5.41) is 5.44. The smallest absolute Gasteiger partial charge is 0.871 e. The third-order valence-electron chi connectivity index (χ3n) is 4.14. The largest absolute Gasteiger partial charge is 1.00 e. The van der Waals surface area contributed by atoms with Crippen LogP contribution in [0.2, 0.25) is 0 Å². The molecule has 5 N–H and O–H groups in total. The third kappa shape index (κ3) is 46.6. The maximum atomic E-state index is 10.1. The van der Waals surface area contributed by atoms with Crippen LogP contribution in [0.1, 0.15) is 51.2 Å². The maximum Gasteiger partial charge on any atom is 1.00 e. The van der Waals surface area contributed by atoms with Crippen LogP contribution < -0.4 is 75.9 Å². The van der Waals surface area contributed by atoms with Gasteiger partial charge in [-0.1, -0.05) is 66.7 Å². The van der Waals surface area contributed by atoms with E-state index in [-0.39, 0.29) is 83.3 Å². The molecule has 0 saturated carbocycles. The van der Waals surface area contributed by atoms with Gasteiger partial charge in [-0.3, -0.25) is 0 Å². The molecule has 0 bridgehead atoms. The molecule has 44 heavy (non-hydrogen) atoms. The molecular formula is C30H42N3Na2O2S7-. The van der Waals surface area contributed by atoms with Gasteiger partial charge >= 0.3 is 59.1 Å². The number of nitrogens with two attached hydrogens (primary N) is 2. The number of terminal acetylenes is 1. The van der Waals surface area contributed by atoms with Gasteiger partial charge in [-0.15, -0.1) is 18.2 Å². The first-order valence-electron chi connectivity index (χ1n) is 12.5. The molecule has 0 atom stereocenters. The average molecular weight is 747 g/mol. The van der Waals surface area contributed by atoms with E-state index in [4.69, 9.17) is 22.6 Å². The minimum absolute atomic E-state index is 0. The van der Waals surface area contributed by atoms with Crippen molar-refractivity contribution in [2.75, 3.05) is 12.4 Å². The molecule has 2 rings (SSSR count). The van der Waals surface area contributed by atoms with Gasteiger partial charge in [0.05, 0.1) is 11.6 Å². The number of thiocarbonyl (C=S) groups is 3. The molecule has 0 aliphatic rings. The second kappa shape index (κ2) is 41.2. The molecule has 2 aromatic carbocycles. The van der Waals surface area contributed by atoms with Crippen molar-refractivity contribution < 1.29 is 68.6 Å². The second-order valence-electron chi connectivity index (χ2n) is 7.81. The monoisotopic (exact) mass is 746 g/mol. The summed E-state index contributed by atoms with van der Waals surface area (Å²) in [6, 6.07) is 18.6. The molecule has 0 unspecified atom stereocenters. The number of amides is 1. The quantitative estimate of drug-likeness (QED) is 0.0400. The number of primary amides is 1. The summed E-state index contributed by atoms with van der Waals surface area (Å²) < 4.78 is 4.77. The Labute approximate surface area is 349 Å². The van der Waals surface area contributed by atoms with Crippen LogP contribution in [0.5, 0.6) is 0 Å². The van der Waals surface area contributed by atoms with E-state index in [0.29, 0.717) is 16.6 Å². The minimum Gasteiger partial charge on any atom is -0.871 e. The zero-order valence-electron chi connectivity index (χ0n) is 26.5. The van der Waals surface area contributed by atoms with E-state index in [0.717, 1.165) is 10.6 Å². The van der Waals surface area contributed by atoms with E-state index in [1.165, 1.54) is 36.8 Å². The maximum absolute atomic E-state index is 10.1. The molecule has 0 spiro atoms. The Bertz CT molecular complexity index is 1070.